The molecule has 3 rings (SSSR count). The van der Waals surface area contributed by atoms with Crippen LogP contribution in [0.1, 0.15) is 25.1 Å². The van der Waals surface area contributed by atoms with Crippen LogP contribution in [0.4, 0.5) is 4.39 Å². The fourth-order valence-corrected chi connectivity index (χ4v) is 3.26. The fraction of sp³-hybridized carbons (Fsp3) is 0.562. The van der Waals surface area contributed by atoms with E-state index in [1.54, 1.807) is 12.1 Å². The van der Waals surface area contributed by atoms with Gasteiger partial charge < -0.3 is 9.47 Å². The number of benzene rings is 1. The smallest absolute Gasteiger partial charge is 0.125 e. The summed E-state index contributed by atoms with van der Waals surface area (Å²) in [5, 5.41) is 0. The molecule has 0 bridgehead atoms. The van der Waals surface area contributed by atoms with Crippen LogP contribution in [0.3, 0.4) is 0 Å². The summed E-state index contributed by atoms with van der Waals surface area (Å²) in [6.07, 6.45) is 4.63. The van der Waals surface area contributed by atoms with Crippen molar-refractivity contribution in [2.75, 3.05) is 25.5 Å². The summed E-state index contributed by atoms with van der Waals surface area (Å²) in [7, 11) is 0. The molecule has 21 heavy (non-hydrogen) atoms. The lowest BCUT2D eigenvalue weighted by Gasteiger charge is -2.26. The highest BCUT2D eigenvalue weighted by molar-refractivity contribution is 6.17. The summed E-state index contributed by atoms with van der Waals surface area (Å²) in [5.41, 5.74) is 1.74. The van der Waals surface area contributed by atoms with Gasteiger partial charge in [-0.1, -0.05) is 6.42 Å². The molecule has 0 saturated carbocycles. The van der Waals surface area contributed by atoms with Crippen LogP contribution in [0.2, 0.25) is 0 Å². The first-order valence-corrected chi connectivity index (χ1v) is 8.24. The summed E-state index contributed by atoms with van der Waals surface area (Å²) in [4.78, 5) is 7.09. The van der Waals surface area contributed by atoms with Gasteiger partial charge in [-0.25, -0.2) is 9.37 Å². The molecule has 0 aliphatic carbocycles. The molecule has 0 spiro atoms. The largest absolute Gasteiger partial charge is 0.327 e. The minimum atomic E-state index is -0.209. The van der Waals surface area contributed by atoms with Crippen molar-refractivity contribution in [2.24, 2.45) is 0 Å². The van der Waals surface area contributed by atoms with Crippen molar-refractivity contribution in [3.63, 3.8) is 0 Å². The number of rotatable bonds is 5. The van der Waals surface area contributed by atoms with Gasteiger partial charge in [-0.3, -0.25) is 0 Å². The summed E-state index contributed by atoms with van der Waals surface area (Å²) in [6, 6.07) is 4.80. The number of piperidine rings is 1. The van der Waals surface area contributed by atoms with Crippen molar-refractivity contribution >= 4 is 22.6 Å². The second-order valence-corrected chi connectivity index (χ2v) is 6.03. The van der Waals surface area contributed by atoms with Crippen molar-refractivity contribution in [3.8, 4) is 0 Å². The molecule has 1 fully saturated rings. The fourth-order valence-electron chi connectivity index (χ4n) is 3.10. The molecule has 0 radical (unpaired) electrons. The second kappa shape index (κ2) is 6.75. The van der Waals surface area contributed by atoms with E-state index in [1.807, 2.05) is 0 Å². The van der Waals surface area contributed by atoms with Crippen LogP contribution in [0.15, 0.2) is 18.2 Å². The monoisotopic (exact) mass is 309 g/mol. The van der Waals surface area contributed by atoms with E-state index >= 15 is 0 Å². The first kappa shape index (κ1) is 14.8. The van der Waals surface area contributed by atoms with E-state index < -0.39 is 0 Å². The Hall–Kier alpha value is -1.13. The molecule has 5 heteroatoms. The number of nitrogens with zero attached hydrogens (tertiary/aromatic N) is 3. The third kappa shape index (κ3) is 3.38. The molecule has 1 aliphatic heterocycles. The summed E-state index contributed by atoms with van der Waals surface area (Å²) >= 11 is 5.88. The van der Waals surface area contributed by atoms with E-state index in [0.29, 0.717) is 5.88 Å². The molecular formula is C16H21ClFN3. The van der Waals surface area contributed by atoms with Crippen molar-refractivity contribution in [1.82, 2.24) is 14.5 Å². The van der Waals surface area contributed by atoms with Gasteiger partial charge in [0, 0.05) is 25.4 Å². The van der Waals surface area contributed by atoms with Crippen LogP contribution >= 0.6 is 11.6 Å². The van der Waals surface area contributed by atoms with Crippen LogP contribution in [-0.4, -0.2) is 40.0 Å². The zero-order valence-electron chi connectivity index (χ0n) is 12.2. The first-order chi connectivity index (χ1) is 10.3. The summed E-state index contributed by atoms with van der Waals surface area (Å²) < 4.78 is 15.7. The normalized spacial score (nSPS) is 16.7. The van der Waals surface area contributed by atoms with Crippen molar-refractivity contribution in [2.45, 2.75) is 32.2 Å². The average Bonchev–Trinajstić information content (AvgIpc) is 2.83. The van der Waals surface area contributed by atoms with Crippen LogP contribution < -0.4 is 0 Å². The second-order valence-electron chi connectivity index (χ2n) is 5.65. The molecular weight excluding hydrogens is 289 g/mol. The van der Waals surface area contributed by atoms with Crippen LogP contribution in [0.25, 0.3) is 11.0 Å². The summed E-state index contributed by atoms with van der Waals surface area (Å²) in [6.45, 7) is 4.20. The molecule has 1 saturated heterocycles. The molecule has 2 aromatic rings. The third-order valence-corrected chi connectivity index (χ3v) is 4.38. The third-order valence-electron chi connectivity index (χ3n) is 4.20. The predicted molar refractivity (Wildman–Crippen MR) is 84.4 cm³/mol. The number of alkyl halides is 1. The Labute approximate surface area is 129 Å². The van der Waals surface area contributed by atoms with Gasteiger partial charge >= 0.3 is 0 Å². The lowest BCUT2D eigenvalue weighted by Crippen LogP contribution is -2.32. The topological polar surface area (TPSA) is 21.1 Å². The summed E-state index contributed by atoms with van der Waals surface area (Å²) in [5.74, 6) is 1.29. The van der Waals surface area contributed by atoms with Gasteiger partial charge in [-0.05, 0) is 44.1 Å². The molecule has 0 N–H and O–H groups in total. The molecule has 0 atom stereocenters. The quantitative estimate of drug-likeness (QED) is 0.789. The van der Waals surface area contributed by atoms with Gasteiger partial charge in [0.1, 0.15) is 11.6 Å². The Morgan fingerprint density at radius 3 is 2.71 bits per heavy atom. The SMILES string of the molecule is Fc1ccc2nc(CCCl)n(CCN3CCCCC3)c2c1. The Balaban J connectivity index is 1.83. The minimum absolute atomic E-state index is 0.209. The number of halogens is 2. The van der Waals surface area contributed by atoms with Gasteiger partial charge in [-0.15, -0.1) is 11.6 Å². The molecule has 2 heterocycles. The first-order valence-electron chi connectivity index (χ1n) is 7.71. The van der Waals surface area contributed by atoms with Crippen LogP contribution in [-0.2, 0) is 13.0 Å². The lowest BCUT2D eigenvalue weighted by molar-refractivity contribution is 0.221. The molecule has 1 aromatic carbocycles. The van der Waals surface area contributed by atoms with E-state index in [-0.39, 0.29) is 5.82 Å². The Morgan fingerprint density at radius 1 is 1.14 bits per heavy atom. The predicted octanol–water partition coefficient (Wildman–Crippen LogP) is 3.44. The van der Waals surface area contributed by atoms with E-state index in [4.69, 9.17) is 11.6 Å². The maximum atomic E-state index is 13.5. The van der Waals surface area contributed by atoms with Gasteiger partial charge in [-0.2, -0.15) is 0 Å². The van der Waals surface area contributed by atoms with Gasteiger partial charge in [0.2, 0.25) is 0 Å². The van der Waals surface area contributed by atoms with Gasteiger partial charge in [0.25, 0.3) is 0 Å². The number of likely N-dealkylation sites (tertiary alicyclic amines) is 1. The van der Waals surface area contributed by atoms with E-state index in [1.165, 1.54) is 38.4 Å². The Bertz CT molecular complexity index is 605. The number of aryl methyl sites for hydroxylation is 1. The zero-order valence-corrected chi connectivity index (χ0v) is 12.9. The number of hydrogen-bond donors (Lipinski definition) is 0. The maximum absolute atomic E-state index is 13.5. The number of aromatic nitrogens is 2. The van der Waals surface area contributed by atoms with Crippen LogP contribution in [0, 0.1) is 5.82 Å². The highest BCUT2D eigenvalue weighted by Crippen LogP contribution is 2.19. The van der Waals surface area contributed by atoms with E-state index in [9.17, 15) is 4.39 Å². The van der Waals surface area contributed by atoms with Crippen LogP contribution in [0.5, 0.6) is 0 Å². The van der Waals surface area contributed by atoms with Crippen molar-refractivity contribution in [3.05, 3.63) is 29.8 Å². The van der Waals surface area contributed by atoms with Crippen molar-refractivity contribution < 1.29 is 4.39 Å². The number of fused-ring (bicyclic) bond motifs is 1. The zero-order chi connectivity index (χ0) is 14.7. The maximum Gasteiger partial charge on any atom is 0.125 e. The number of hydrogen-bond acceptors (Lipinski definition) is 2. The molecule has 1 aromatic heterocycles. The molecule has 114 valence electrons. The highest BCUT2D eigenvalue weighted by atomic mass is 35.5. The minimum Gasteiger partial charge on any atom is -0.327 e. The molecule has 0 amide bonds. The van der Waals surface area contributed by atoms with Gasteiger partial charge in [0.15, 0.2) is 0 Å². The number of imidazole rings is 1. The highest BCUT2D eigenvalue weighted by Gasteiger charge is 2.14. The van der Waals surface area contributed by atoms with E-state index in [2.05, 4.69) is 14.5 Å². The van der Waals surface area contributed by atoms with Crippen molar-refractivity contribution in [1.29, 1.82) is 0 Å². The average molecular weight is 310 g/mol. The molecule has 1 aliphatic rings. The molecule has 0 unspecified atom stereocenters. The Morgan fingerprint density at radius 2 is 1.95 bits per heavy atom. The standard InChI is InChI=1S/C16H21ClFN3/c17-7-6-16-19-14-5-4-13(18)12-15(14)21(16)11-10-20-8-2-1-3-9-20/h4-5,12H,1-3,6-11H2. The van der Waals surface area contributed by atoms with E-state index in [0.717, 1.165) is 36.4 Å². The molecule has 3 nitrogen and oxygen atoms in total. The van der Waals surface area contributed by atoms with Gasteiger partial charge in [0.05, 0.1) is 11.0 Å². The Kier molecular flexibility index (Phi) is 4.76. The lowest BCUT2D eigenvalue weighted by atomic mass is 10.1.